The van der Waals surface area contributed by atoms with Crippen molar-refractivity contribution in [3.05, 3.63) is 102 Å². The maximum atomic E-state index is 12.3. The molecule has 0 aliphatic carbocycles. The Morgan fingerprint density at radius 2 is 1.28 bits per heavy atom. The summed E-state index contributed by atoms with van der Waals surface area (Å²) in [5, 5.41) is 43.7. The van der Waals surface area contributed by atoms with Gasteiger partial charge in [-0.15, -0.1) is 5.11 Å². The van der Waals surface area contributed by atoms with Gasteiger partial charge in [-0.1, -0.05) is 12.1 Å². The fraction of sp³-hybridized carbons (Fsp3) is 0.0345. The summed E-state index contributed by atoms with van der Waals surface area (Å²) in [6.07, 6.45) is 0. The third kappa shape index (κ3) is 10.3. The van der Waals surface area contributed by atoms with E-state index in [2.05, 4.69) is 15.5 Å². The van der Waals surface area contributed by atoms with Gasteiger partial charge < -0.3 is 37.4 Å². The highest BCUT2D eigenvalue weighted by atomic mass is 32.2. The average molecular weight is 729 g/mol. The Hall–Kier alpha value is -6.42. The number of azo groups is 1. The number of benzene rings is 4. The van der Waals surface area contributed by atoms with Crippen LogP contribution in [0.2, 0.25) is 0 Å². The number of aromatic carboxylic acids is 2. The Morgan fingerprint density at radius 1 is 0.720 bits per heavy atom. The summed E-state index contributed by atoms with van der Waals surface area (Å²) in [5.74, 6) is -3.18. The fourth-order valence-corrected chi connectivity index (χ4v) is 5.28. The van der Waals surface area contributed by atoms with Gasteiger partial charge in [0, 0.05) is 11.4 Å². The van der Waals surface area contributed by atoms with Crippen LogP contribution in [0.5, 0.6) is 0 Å². The molecule has 0 aromatic heterocycles. The summed E-state index contributed by atoms with van der Waals surface area (Å²) in [7, 11) is -7.96. The van der Waals surface area contributed by atoms with Crippen molar-refractivity contribution in [3.63, 3.8) is 0 Å². The Kier molecular flexibility index (Phi) is 12.3. The molecular weight excluding hydrogens is 700 g/mol. The predicted octanol–water partition coefficient (Wildman–Crippen LogP) is 2.19. The lowest BCUT2D eigenvalue weighted by atomic mass is 10.1. The van der Waals surface area contributed by atoms with Gasteiger partial charge in [0.2, 0.25) is 10.0 Å². The zero-order valence-electron chi connectivity index (χ0n) is 25.3. The quantitative estimate of drug-likeness (QED) is 0.0643. The van der Waals surface area contributed by atoms with E-state index in [1.807, 2.05) is 5.32 Å². The molecule has 4 aromatic carbocycles. The van der Waals surface area contributed by atoms with E-state index in [4.69, 9.17) is 31.9 Å². The van der Waals surface area contributed by atoms with E-state index in [0.29, 0.717) is 5.69 Å². The van der Waals surface area contributed by atoms with Gasteiger partial charge >= 0.3 is 18.0 Å². The molecule has 0 saturated heterocycles. The van der Waals surface area contributed by atoms with E-state index in [1.54, 1.807) is 4.72 Å². The number of rotatable bonds is 10. The highest BCUT2D eigenvalue weighted by Crippen LogP contribution is 2.31. The maximum absolute atomic E-state index is 12.3. The first-order valence-corrected chi connectivity index (χ1v) is 16.6. The van der Waals surface area contributed by atoms with Gasteiger partial charge in [0.15, 0.2) is 0 Å². The second-order valence-electron chi connectivity index (χ2n) is 9.65. The van der Waals surface area contributed by atoms with Crippen LogP contribution < -0.4 is 32.0 Å². The van der Waals surface area contributed by atoms with Crippen LogP contribution in [-0.2, 0) is 20.0 Å². The molecule has 0 atom stereocenters. The standard InChI is InChI=1S/C16H15N3O7S.C13H13N5O4S/c20-9-17-16(24)19-27(25,26)11-7-5-10(6-8-11)18-14(21)12-3-1-2-4-13(12)15(22)23;14-7-5-10(13(19)20)12(11(15)6-7)18-17-8-1-3-9(4-2-8)23(16,21)22/h1-8,20H,9H2,(H,18,21)(H,22,23)(H2,17,19,24);1-6H,14-15H2,(H,19,20)(H2,16,21,22). The number of nitrogen functional groups attached to an aromatic ring is 2. The highest BCUT2D eigenvalue weighted by Gasteiger charge is 2.19. The summed E-state index contributed by atoms with van der Waals surface area (Å²) in [6, 6.07) is 17.2. The molecule has 50 heavy (non-hydrogen) atoms. The van der Waals surface area contributed by atoms with Crippen LogP contribution in [0.15, 0.2) is 105 Å². The van der Waals surface area contributed by atoms with Crippen LogP contribution >= 0.6 is 0 Å². The molecule has 21 heteroatoms. The number of nitrogens with one attached hydrogen (secondary N) is 3. The first-order valence-electron chi connectivity index (χ1n) is 13.5. The monoisotopic (exact) mass is 728 g/mol. The molecule has 0 spiro atoms. The molecule has 0 aliphatic heterocycles. The van der Waals surface area contributed by atoms with Crippen molar-refractivity contribution in [2.24, 2.45) is 15.4 Å². The molecule has 19 nitrogen and oxygen atoms in total. The second kappa shape index (κ2) is 16.1. The van der Waals surface area contributed by atoms with Gasteiger partial charge in [-0.3, -0.25) is 4.79 Å². The van der Waals surface area contributed by atoms with E-state index < -0.39 is 50.7 Å². The molecule has 0 aliphatic rings. The topological polar surface area (TPSA) is 336 Å². The number of carbonyl (C=O) groups excluding carboxylic acids is 2. The lowest BCUT2D eigenvalue weighted by Crippen LogP contribution is -2.39. The molecule has 0 radical (unpaired) electrons. The predicted molar refractivity (Wildman–Crippen MR) is 178 cm³/mol. The van der Waals surface area contributed by atoms with Crippen LogP contribution in [0.25, 0.3) is 0 Å². The van der Waals surface area contributed by atoms with Gasteiger partial charge in [0.05, 0.1) is 37.9 Å². The van der Waals surface area contributed by atoms with Crippen LogP contribution in [-0.4, -0.2) is 62.8 Å². The number of urea groups is 1. The maximum Gasteiger partial charge on any atom is 0.338 e. The van der Waals surface area contributed by atoms with Gasteiger partial charge in [0.25, 0.3) is 15.9 Å². The molecule has 3 amide bonds. The highest BCUT2D eigenvalue weighted by molar-refractivity contribution is 7.90. The van der Waals surface area contributed by atoms with Crippen molar-refractivity contribution in [2.45, 2.75) is 9.79 Å². The Labute approximate surface area is 283 Å². The number of amides is 3. The molecule has 0 bridgehead atoms. The SMILES string of the molecule is Nc1cc(N)c(N=Nc2ccc(S(N)(=O)=O)cc2)c(C(=O)O)c1.O=C(NCO)NS(=O)(=O)c1ccc(NC(=O)c2ccccc2C(=O)O)cc1. The Balaban J connectivity index is 0.000000274. The van der Waals surface area contributed by atoms with Crippen molar-refractivity contribution < 1.29 is 51.3 Å². The van der Waals surface area contributed by atoms with E-state index in [1.165, 1.54) is 72.8 Å². The van der Waals surface area contributed by atoms with Crippen molar-refractivity contribution >= 4 is 72.4 Å². The minimum atomic E-state index is -4.16. The van der Waals surface area contributed by atoms with Gasteiger partial charge in [-0.05, 0) is 72.8 Å². The van der Waals surface area contributed by atoms with Crippen LogP contribution in [0.1, 0.15) is 31.1 Å². The third-order valence-corrected chi connectivity index (χ3v) is 8.39. The fourth-order valence-electron chi connectivity index (χ4n) is 3.84. The number of hydrogen-bond donors (Lipinski definition) is 9. The molecule has 262 valence electrons. The zero-order valence-corrected chi connectivity index (χ0v) is 27.0. The summed E-state index contributed by atoms with van der Waals surface area (Å²) in [6.45, 7) is -0.732. The number of aliphatic hydroxyl groups is 1. The van der Waals surface area contributed by atoms with Crippen molar-refractivity contribution in [1.29, 1.82) is 0 Å². The van der Waals surface area contributed by atoms with Crippen LogP contribution in [0, 0.1) is 0 Å². The van der Waals surface area contributed by atoms with Crippen molar-refractivity contribution in [3.8, 4) is 0 Å². The average Bonchev–Trinajstić information content (AvgIpc) is 3.04. The van der Waals surface area contributed by atoms with E-state index in [-0.39, 0.29) is 49.2 Å². The first kappa shape index (κ1) is 38.0. The number of primary sulfonamides is 1. The van der Waals surface area contributed by atoms with Gasteiger partial charge in [0.1, 0.15) is 12.4 Å². The molecular formula is C29H28N8O11S2. The molecule has 4 aromatic rings. The zero-order chi connectivity index (χ0) is 37.2. The van der Waals surface area contributed by atoms with E-state index >= 15 is 0 Å². The van der Waals surface area contributed by atoms with E-state index in [9.17, 15) is 36.0 Å². The number of hydrogen-bond acceptors (Lipinski definition) is 13. The van der Waals surface area contributed by atoms with Crippen molar-refractivity contribution in [1.82, 2.24) is 10.0 Å². The molecule has 4 rings (SSSR count). The number of aliphatic hydroxyl groups excluding tert-OH is 1. The minimum Gasteiger partial charge on any atom is -0.478 e. The number of nitrogens with two attached hydrogens (primary N) is 3. The Bertz CT molecular complexity index is 2180. The lowest BCUT2D eigenvalue weighted by Gasteiger charge is -2.10. The molecule has 12 N–H and O–H groups in total. The molecule has 0 unspecified atom stereocenters. The summed E-state index contributed by atoms with van der Waals surface area (Å²) in [5.41, 5.74) is 11.6. The number of carbonyl (C=O) groups is 4. The summed E-state index contributed by atoms with van der Waals surface area (Å²) >= 11 is 0. The number of carboxylic acid groups (broad SMARTS) is 2. The molecule has 0 saturated carbocycles. The summed E-state index contributed by atoms with van der Waals surface area (Å²) < 4.78 is 48.0. The first-order chi connectivity index (χ1) is 23.4. The number of sulfonamides is 2. The molecule has 0 fully saturated rings. The third-order valence-electron chi connectivity index (χ3n) is 6.11. The number of anilines is 3. The van der Waals surface area contributed by atoms with Gasteiger partial charge in [-0.25, -0.2) is 41.1 Å². The number of nitrogens with zero attached hydrogens (tertiary/aromatic N) is 2. The van der Waals surface area contributed by atoms with Gasteiger partial charge in [-0.2, -0.15) is 5.11 Å². The number of carboxylic acids is 2. The lowest BCUT2D eigenvalue weighted by molar-refractivity contribution is 0.0685. The normalized spacial score (nSPS) is 11.2. The second-order valence-corrected chi connectivity index (χ2v) is 12.9. The molecule has 0 heterocycles. The largest absolute Gasteiger partial charge is 0.478 e. The smallest absolute Gasteiger partial charge is 0.338 e. The van der Waals surface area contributed by atoms with Crippen LogP contribution in [0.3, 0.4) is 0 Å². The minimum absolute atomic E-state index is 0.0396. The van der Waals surface area contributed by atoms with Crippen molar-refractivity contribution in [2.75, 3.05) is 23.5 Å². The Morgan fingerprint density at radius 3 is 1.82 bits per heavy atom. The summed E-state index contributed by atoms with van der Waals surface area (Å²) in [4.78, 5) is 45.5. The van der Waals surface area contributed by atoms with E-state index in [0.717, 1.165) is 12.1 Å². The van der Waals surface area contributed by atoms with Crippen LogP contribution in [0.4, 0.5) is 33.2 Å².